The summed E-state index contributed by atoms with van der Waals surface area (Å²) in [6.07, 6.45) is 13.6. The lowest BCUT2D eigenvalue weighted by molar-refractivity contribution is -0.137. The average Bonchev–Trinajstić information content (AvgIpc) is 2.40. The molecule has 4 heteroatoms. The van der Waals surface area contributed by atoms with Crippen LogP contribution in [-0.4, -0.2) is 23.5 Å². The van der Waals surface area contributed by atoms with E-state index in [0.717, 1.165) is 51.5 Å². The number of unbranched alkanes of at least 4 members (excludes halogenated alkanes) is 4. The van der Waals surface area contributed by atoms with Crippen LogP contribution in [0.3, 0.4) is 0 Å². The minimum Gasteiger partial charge on any atom is -0.481 e. The zero-order valence-electron chi connectivity index (χ0n) is 13.2. The molecule has 0 bridgehead atoms. The third-order valence-corrected chi connectivity index (χ3v) is 4.34. The summed E-state index contributed by atoms with van der Waals surface area (Å²) in [4.78, 5) is 22.5. The summed E-state index contributed by atoms with van der Waals surface area (Å²) in [7, 11) is 0. The molecule has 21 heavy (non-hydrogen) atoms. The van der Waals surface area contributed by atoms with Crippen LogP contribution in [0.2, 0.25) is 0 Å². The summed E-state index contributed by atoms with van der Waals surface area (Å²) in [5, 5.41) is 11.6. The first kappa shape index (κ1) is 18.0. The maximum absolute atomic E-state index is 12.1. The van der Waals surface area contributed by atoms with Gasteiger partial charge in [0, 0.05) is 18.9 Å². The Hall–Kier alpha value is -1.06. The Morgan fingerprint density at radius 3 is 2.10 bits per heavy atom. The Morgan fingerprint density at radius 2 is 1.43 bits per heavy atom. The second-order valence-corrected chi connectivity index (χ2v) is 6.24. The van der Waals surface area contributed by atoms with E-state index in [9.17, 15) is 9.59 Å². The maximum Gasteiger partial charge on any atom is 0.303 e. The van der Waals surface area contributed by atoms with Crippen molar-refractivity contribution in [1.29, 1.82) is 0 Å². The normalized spacial score (nSPS) is 17.0. The van der Waals surface area contributed by atoms with Crippen molar-refractivity contribution in [2.24, 2.45) is 5.92 Å². The van der Waals surface area contributed by atoms with Gasteiger partial charge in [-0.15, -0.1) is 0 Å². The molecule has 0 unspecified atom stereocenters. The molecule has 1 rings (SSSR count). The Kier molecular flexibility index (Phi) is 9.92. The zero-order chi connectivity index (χ0) is 15.3. The Bertz CT molecular complexity index is 296. The number of carboxylic acid groups (broad SMARTS) is 1. The van der Waals surface area contributed by atoms with Crippen molar-refractivity contribution in [3.8, 4) is 0 Å². The predicted molar refractivity (Wildman–Crippen MR) is 84.2 cm³/mol. The minimum absolute atomic E-state index is 0.237. The van der Waals surface area contributed by atoms with E-state index in [1.54, 1.807) is 0 Å². The van der Waals surface area contributed by atoms with E-state index >= 15 is 0 Å². The molecule has 0 aromatic carbocycles. The van der Waals surface area contributed by atoms with Crippen molar-refractivity contribution in [2.45, 2.75) is 83.5 Å². The first-order valence-electron chi connectivity index (χ1n) is 8.69. The van der Waals surface area contributed by atoms with Gasteiger partial charge in [0.05, 0.1) is 0 Å². The van der Waals surface area contributed by atoms with Crippen molar-refractivity contribution in [1.82, 2.24) is 5.32 Å². The molecule has 1 fully saturated rings. The largest absolute Gasteiger partial charge is 0.481 e. The fraction of sp³-hybridized carbons (Fsp3) is 0.882. The van der Waals surface area contributed by atoms with Crippen LogP contribution in [0, 0.1) is 5.92 Å². The van der Waals surface area contributed by atoms with Crippen LogP contribution in [0.1, 0.15) is 83.5 Å². The molecule has 1 aliphatic carbocycles. The third-order valence-electron chi connectivity index (χ3n) is 4.34. The molecule has 4 nitrogen and oxygen atoms in total. The number of hydrogen-bond donors (Lipinski definition) is 2. The molecular formula is C17H31NO3. The number of amides is 1. The van der Waals surface area contributed by atoms with Gasteiger partial charge in [-0.05, 0) is 25.7 Å². The molecule has 0 aliphatic heterocycles. The van der Waals surface area contributed by atoms with E-state index in [1.165, 1.54) is 32.1 Å². The molecule has 0 radical (unpaired) electrons. The summed E-state index contributed by atoms with van der Waals surface area (Å²) < 4.78 is 0. The van der Waals surface area contributed by atoms with E-state index < -0.39 is 5.97 Å². The van der Waals surface area contributed by atoms with Gasteiger partial charge in [0.2, 0.25) is 5.91 Å². The fourth-order valence-electron chi connectivity index (χ4n) is 3.01. The molecule has 2 N–H and O–H groups in total. The van der Waals surface area contributed by atoms with Crippen molar-refractivity contribution in [2.75, 3.05) is 6.54 Å². The smallest absolute Gasteiger partial charge is 0.303 e. The van der Waals surface area contributed by atoms with Crippen LogP contribution in [-0.2, 0) is 9.59 Å². The molecule has 122 valence electrons. The molecule has 0 aromatic heterocycles. The van der Waals surface area contributed by atoms with E-state index in [1.807, 2.05) is 0 Å². The quantitative estimate of drug-likeness (QED) is 0.634. The highest BCUT2D eigenvalue weighted by molar-refractivity contribution is 5.78. The van der Waals surface area contributed by atoms with E-state index in [-0.39, 0.29) is 18.2 Å². The van der Waals surface area contributed by atoms with Crippen LogP contribution < -0.4 is 5.32 Å². The summed E-state index contributed by atoms with van der Waals surface area (Å²) >= 11 is 0. The number of rotatable bonds is 9. The molecule has 0 aromatic rings. The molecule has 0 heterocycles. The van der Waals surface area contributed by atoms with Gasteiger partial charge in [-0.25, -0.2) is 0 Å². The van der Waals surface area contributed by atoms with Crippen LogP contribution in [0.15, 0.2) is 0 Å². The highest BCUT2D eigenvalue weighted by atomic mass is 16.4. The lowest BCUT2D eigenvalue weighted by atomic mass is 9.90. The molecular weight excluding hydrogens is 266 g/mol. The van der Waals surface area contributed by atoms with E-state index in [0.29, 0.717) is 0 Å². The van der Waals surface area contributed by atoms with Gasteiger partial charge >= 0.3 is 5.97 Å². The maximum atomic E-state index is 12.1. The molecule has 0 atom stereocenters. The van der Waals surface area contributed by atoms with Crippen molar-refractivity contribution >= 4 is 11.9 Å². The Labute approximate surface area is 128 Å². The second-order valence-electron chi connectivity index (χ2n) is 6.24. The summed E-state index contributed by atoms with van der Waals surface area (Å²) in [6, 6.07) is 0. The molecule has 1 aliphatic rings. The first-order valence-corrected chi connectivity index (χ1v) is 8.69. The molecule has 1 saturated carbocycles. The lowest BCUT2D eigenvalue weighted by Gasteiger charge is -2.19. The van der Waals surface area contributed by atoms with Gasteiger partial charge in [0.1, 0.15) is 0 Å². The van der Waals surface area contributed by atoms with Crippen LogP contribution >= 0.6 is 0 Å². The van der Waals surface area contributed by atoms with Crippen LogP contribution in [0.5, 0.6) is 0 Å². The molecule has 1 amide bonds. The van der Waals surface area contributed by atoms with Gasteiger partial charge in [0.15, 0.2) is 0 Å². The van der Waals surface area contributed by atoms with Gasteiger partial charge in [-0.3, -0.25) is 9.59 Å². The van der Waals surface area contributed by atoms with Crippen molar-refractivity contribution in [3.05, 3.63) is 0 Å². The number of aliphatic carboxylic acids is 1. The van der Waals surface area contributed by atoms with Gasteiger partial charge in [-0.2, -0.15) is 0 Å². The Balaban J connectivity index is 1.98. The number of carbonyl (C=O) groups excluding carboxylic acids is 1. The van der Waals surface area contributed by atoms with Crippen LogP contribution in [0.4, 0.5) is 0 Å². The lowest BCUT2D eigenvalue weighted by Crippen LogP contribution is -2.31. The van der Waals surface area contributed by atoms with Crippen molar-refractivity contribution < 1.29 is 14.7 Å². The minimum atomic E-state index is -0.707. The highest BCUT2D eigenvalue weighted by Crippen LogP contribution is 2.22. The number of carboxylic acids is 1. The Morgan fingerprint density at radius 1 is 0.857 bits per heavy atom. The molecule has 0 spiro atoms. The zero-order valence-corrected chi connectivity index (χ0v) is 13.2. The fourth-order valence-corrected chi connectivity index (χ4v) is 3.01. The summed E-state index contributed by atoms with van der Waals surface area (Å²) in [5.74, 6) is -0.217. The van der Waals surface area contributed by atoms with E-state index in [2.05, 4.69) is 5.32 Å². The topological polar surface area (TPSA) is 66.4 Å². The van der Waals surface area contributed by atoms with Gasteiger partial charge in [-0.1, -0.05) is 51.4 Å². The number of hydrogen-bond acceptors (Lipinski definition) is 2. The van der Waals surface area contributed by atoms with Gasteiger partial charge < -0.3 is 10.4 Å². The highest BCUT2D eigenvalue weighted by Gasteiger charge is 2.18. The standard InChI is InChI=1S/C17H31NO3/c19-16(20)13-9-5-2-6-10-14-18-17(21)15-11-7-3-1-4-8-12-15/h15H,1-14H2,(H,18,21)(H,19,20). The number of nitrogens with one attached hydrogen (secondary N) is 1. The number of carbonyl (C=O) groups is 2. The van der Waals surface area contributed by atoms with Gasteiger partial charge in [0.25, 0.3) is 0 Å². The summed E-state index contributed by atoms with van der Waals surface area (Å²) in [6.45, 7) is 0.772. The average molecular weight is 297 g/mol. The van der Waals surface area contributed by atoms with E-state index in [4.69, 9.17) is 5.11 Å². The SMILES string of the molecule is O=C(O)CCCCCCCNC(=O)C1CCCCCCC1. The summed E-state index contributed by atoms with van der Waals surface area (Å²) in [5.41, 5.74) is 0. The predicted octanol–water partition coefficient (Wildman–Crippen LogP) is 3.89. The molecule has 0 saturated heterocycles. The second kappa shape index (κ2) is 11.6. The van der Waals surface area contributed by atoms with Crippen LogP contribution in [0.25, 0.3) is 0 Å². The monoisotopic (exact) mass is 297 g/mol. The first-order chi connectivity index (χ1) is 10.2. The van der Waals surface area contributed by atoms with Crippen molar-refractivity contribution in [3.63, 3.8) is 0 Å². The third kappa shape index (κ3) is 9.48.